The molecule has 0 unspecified atom stereocenters. The van der Waals surface area contributed by atoms with Gasteiger partial charge >= 0.3 is 6.09 Å². The largest absolute Gasteiger partial charge is 0.445 e. The number of alkyl carbamates (subject to hydrolysis) is 1. The Kier molecular flexibility index (Phi) is 5.33. The van der Waals surface area contributed by atoms with Crippen LogP contribution in [-0.4, -0.2) is 6.09 Å². The van der Waals surface area contributed by atoms with Gasteiger partial charge in [-0.3, -0.25) is 0 Å². The van der Waals surface area contributed by atoms with Crippen LogP contribution in [0.5, 0.6) is 0 Å². The Labute approximate surface area is 131 Å². The Balaban J connectivity index is 1.90. The molecule has 2 aromatic carbocycles. The smallest absolute Gasteiger partial charge is 0.407 e. The zero-order chi connectivity index (χ0) is 15.2. The van der Waals surface area contributed by atoms with Gasteiger partial charge in [0.25, 0.3) is 0 Å². The highest BCUT2D eigenvalue weighted by molar-refractivity contribution is 9.10. The number of carbonyl (C=O) groups is 1. The minimum absolute atomic E-state index is 0.183. The molecule has 0 aliphatic carbocycles. The topological polar surface area (TPSA) is 38.3 Å². The Morgan fingerprint density at radius 1 is 1.29 bits per heavy atom. The lowest BCUT2D eigenvalue weighted by atomic mass is 10.1. The van der Waals surface area contributed by atoms with Crippen LogP contribution in [0.1, 0.15) is 24.1 Å². The van der Waals surface area contributed by atoms with Crippen molar-refractivity contribution in [2.45, 2.75) is 19.6 Å². The minimum Gasteiger partial charge on any atom is -0.445 e. The summed E-state index contributed by atoms with van der Waals surface area (Å²) in [4.78, 5) is 11.7. The number of nitrogens with one attached hydrogen (secondary N) is 1. The SMILES string of the molecule is C[C@H](NC(=O)OCc1ccccc1)c1ccc(Br)cc1F. The third-order valence-electron chi connectivity index (χ3n) is 2.98. The summed E-state index contributed by atoms with van der Waals surface area (Å²) in [6.07, 6.45) is -0.575. The summed E-state index contributed by atoms with van der Waals surface area (Å²) in [5.74, 6) is -0.375. The molecule has 1 amide bonds. The van der Waals surface area contributed by atoms with Crippen molar-refractivity contribution in [2.24, 2.45) is 0 Å². The molecule has 3 nitrogen and oxygen atoms in total. The highest BCUT2D eigenvalue weighted by Crippen LogP contribution is 2.20. The fourth-order valence-corrected chi connectivity index (χ4v) is 2.21. The second-order valence-corrected chi connectivity index (χ2v) is 5.51. The Morgan fingerprint density at radius 3 is 2.67 bits per heavy atom. The third kappa shape index (κ3) is 4.56. The van der Waals surface area contributed by atoms with Gasteiger partial charge in [0.05, 0.1) is 6.04 Å². The van der Waals surface area contributed by atoms with Crippen molar-refractivity contribution in [2.75, 3.05) is 0 Å². The number of hydrogen-bond acceptors (Lipinski definition) is 2. The van der Waals surface area contributed by atoms with Crippen molar-refractivity contribution in [1.82, 2.24) is 5.32 Å². The van der Waals surface area contributed by atoms with E-state index < -0.39 is 12.1 Å². The first-order valence-corrected chi connectivity index (χ1v) is 7.27. The second kappa shape index (κ2) is 7.22. The zero-order valence-corrected chi connectivity index (χ0v) is 13.1. The van der Waals surface area contributed by atoms with E-state index >= 15 is 0 Å². The maximum atomic E-state index is 13.8. The van der Waals surface area contributed by atoms with Crippen molar-refractivity contribution in [3.63, 3.8) is 0 Å². The molecule has 0 aliphatic rings. The zero-order valence-electron chi connectivity index (χ0n) is 11.5. The lowest BCUT2D eigenvalue weighted by Gasteiger charge is -2.15. The van der Waals surface area contributed by atoms with E-state index in [1.165, 1.54) is 6.07 Å². The summed E-state index contributed by atoms with van der Waals surface area (Å²) in [7, 11) is 0. The van der Waals surface area contributed by atoms with E-state index in [1.807, 2.05) is 30.3 Å². The first kappa shape index (κ1) is 15.5. The van der Waals surface area contributed by atoms with Gasteiger partial charge in [-0.1, -0.05) is 52.3 Å². The number of rotatable bonds is 4. The Bertz CT molecular complexity index is 619. The highest BCUT2D eigenvalue weighted by Gasteiger charge is 2.14. The Hall–Kier alpha value is -1.88. The van der Waals surface area contributed by atoms with Gasteiger partial charge in [-0.05, 0) is 24.6 Å². The molecule has 21 heavy (non-hydrogen) atoms. The molecule has 2 aromatic rings. The predicted molar refractivity (Wildman–Crippen MR) is 82.3 cm³/mol. The molecule has 0 saturated carbocycles. The molecule has 5 heteroatoms. The van der Waals surface area contributed by atoms with Gasteiger partial charge in [-0.2, -0.15) is 0 Å². The molecular weight excluding hydrogens is 337 g/mol. The first-order valence-electron chi connectivity index (χ1n) is 6.48. The van der Waals surface area contributed by atoms with E-state index in [4.69, 9.17) is 4.74 Å². The van der Waals surface area contributed by atoms with Gasteiger partial charge in [0.15, 0.2) is 0 Å². The van der Waals surface area contributed by atoms with Crippen LogP contribution in [0.25, 0.3) is 0 Å². The standard InChI is InChI=1S/C16H15BrFNO2/c1-11(14-8-7-13(17)9-15(14)18)19-16(20)21-10-12-5-3-2-4-6-12/h2-9,11H,10H2,1H3,(H,19,20)/t11-/m0/s1. The van der Waals surface area contributed by atoms with E-state index in [1.54, 1.807) is 19.1 Å². The van der Waals surface area contributed by atoms with Gasteiger partial charge in [0.2, 0.25) is 0 Å². The molecule has 1 N–H and O–H groups in total. The Morgan fingerprint density at radius 2 is 2.00 bits per heavy atom. The molecule has 0 spiro atoms. The number of hydrogen-bond donors (Lipinski definition) is 1. The quantitative estimate of drug-likeness (QED) is 0.875. The van der Waals surface area contributed by atoms with Crippen LogP contribution in [0, 0.1) is 5.82 Å². The number of ether oxygens (including phenoxy) is 1. The molecule has 110 valence electrons. The summed E-state index contributed by atoms with van der Waals surface area (Å²) in [6, 6.07) is 13.6. The van der Waals surface area contributed by atoms with Gasteiger partial charge in [-0.25, -0.2) is 9.18 Å². The molecule has 0 aromatic heterocycles. The van der Waals surface area contributed by atoms with Crippen molar-refractivity contribution in [3.05, 3.63) is 69.9 Å². The summed E-state index contributed by atoms with van der Waals surface area (Å²) >= 11 is 3.19. The predicted octanol–water partition coefficient (Wildman–Crippen LogP) is 4.58. The summed E-state index contributed by atoms with van der Waals surface area (Å²) < 4.78 is 19.5. The average molecular weight is 352 g/mol. The molecular formula is C16H15BrFNO2. The maximum Gasteiger partial charge on any atom is 0.407 e. The van der Waals surface area contributed by atoms with Crippen molar-refractivity contribution < 1.29 is 13.9 Å². The molecule has 0 radical (unpaired) electrons. The van der Waals surface area contributed by atoms with E-state index in [9.17, 15) is 9.18 Å². The van der Waals surface area contributed by atoms with Crippen molar-refractivity contribution >= 4 is 22.0 Å². The first-order chi connectivity index (χ1) is 10.1. The van der Waals surface area contributed by atoms with Crippen molar-refractivity contribution in [3.8, 4) is 0 Å². The number of carbonyl (C=O) groups excluding carboxylic acids is 1. The van der Waals surface area contributed by atoms with Gasteiger partial charge in [0.1, 0.15) is 12.4 Å². The van der Waals surface area contributed by atoms with Crippen LogP contribution >= 0.6 is 15.9 Å². The molecule has 0 saturated heterocycles. The minimum atomic E-state index is -0.575. The monoisotopic (exact) mass is 351 g/mol. The number of benzene rings is 2. The molecule has 0 bridgehead atoms. The van der Waals surface area contributed by atoms with E-state index in [0.717, 1.165) is 5.56 Å². The number of halogens is 2. The summed E-state index contributed by atoms with van der Waals surface area (Å²) in [5.41, 5.74) is 1.31. The second-order valence-electron chi connectivity index (χ2n) is 4.59. The molecule has 0 fully saturated rings. The lowest BCUT2D eigenvalue weighted by Crippen LogP contribution is -2.27. The van der Waals surface area contributed by atoms with Crippen LogP contribution in [0.2, 0.25) is 0 Å². The third-order valence-corrected chi connectivity index (χ3v) is 3.47. The summed E-state index contributed by atoms with van der Waals surface area (Å²) in [5, 5.41) is 2.61. The van der Waals surface area contributed by atoms with Crippen LogP contribution in [0.15, 0.2) is 53.0 Å². The van der Waals surface area contributed by atoms with Crippen molar-refractivity contribution in [1.29, 1.82) is 0 Å². The van der Waals surface area contributed by atoms with Gasteiger partial charge in [-0.15, -0.1) is 0 Å². The average Bonchev–Trinajstić information content (AvgIpc) is 2.46. The number of amides is 1. The van der Waals surface area contributed by atoms with Gasteiger partial charge in [0, 0.05) is 10.0 Å². The van der Waals surface area contributed by atoms with Crippen LogP contribution in [-0.2, 0) is 11.3 Å². The van der Waals surface area contributed by atoms with Crippen LogP contribution in [0.4, 0.5) is 9.18 Å². The molecule has 0 aliphatic heterocycles. The van der Waals surface area contributed by atoms with Gasteiger partial charge < -0.3 is 10.1 Å². The van der Waals surface area contributed by atoms with Crippen LogP contribution < -0.4 is 5.32 Å². The maximum absolute atomic E-state index is 13.8. The van der Waals surface area contributed by atoms with Crippen LogP contribution in [0.3, 0.4) is 0 Å². The molecule has 0 heterocycles. The van der Waals surface area contributed by atoms with E-state index in [2.05, 4.69) is 21.2 Å². The van der Waals surface area contributed by atoms with E-state index in [0.29, 0.717) is 10.0 Å². The van der Waals surface area contributed by atoms with E-state index in [-0.39, 0.29) is 12.4 Å². The normalized spacial score (nSPS) is 11.8. The fraction of sp³-hybridized carbons (Fsp3) is 0.188. The fourth-order valence-electron chi connectivity index (χ4n) is 1.87. The molecule has 2 rings (SSSR count). The highest BCUT2D eigenvalue weighted by atomic mass is 79.9. The lowest BCUT2D eigenvalue weighted by molar-refractivity contribution is 0.136. The molecule has 1 atom stereocenters. The summed E-state index contributed by atoms with van der Waals surface area (Å²) in [6.45, 7) is 1.89.